The van der Waals surface area contributed by atoms with E-state index in [0.717, 1.165) is 13.8 Å². The standard InChI is InChI=1S/C51H80N16O16/c1-8-23(4)39(48(80)65-35(20-38(71)72)44(76)60-25(6)50(82)83)66-46(78)33(18-36(53)69)63-43(75)31(14-11-15-57-51(55)56)61-49(81)40(26(7)68)67-47(79)34(19-37(54)70)64-45(77)32(17-27-21-58-30-13-10-9-12-28(27)30)62-41(73)24(5)59-42(74)29(52)16-22(2)3/h9-10,12-13,21-26,29,31-35,39-40,58,68H,8,11,14-20,52H2,1-7H3,(H2,53,69)(H2,54,70)(H,59,74)(H,60,76)(H,61,81)(H,62,73)(H,63,75)(H,64,77)(H,65,80)(H,66,78)(H,67,79)(H,71,72)(H,82,83)(H4,55,56,57)/t23-,24-,25-,26+,29-,31-,32-,33-,34-,35-,39-,40-/m0/s1. The predicted molar refractivity (Wildman–Crippen MR) is 297 cm³/mol. The molecule has 0 saturated carbocycles. The van der Waals surface area contributed by atoms with Gasteiger partial charge in [-0.3, -0.25) is 67.3 Å². The number of nitrogens with two attached hydrogens (primary N) is 5. The number of carboxylic acid groups (broad SMARTS) is 2. The van der Waals surface area contributed by atoms with Crippen LogP contribution in [0.5, 0.6) is 0 Å². The van der Waals surface area contributed by atoms with Gasteiger partial charge >= 0.3 is 11.9 Å². The van der Waals surface area contributed by atoms with Crippen LogP contribution < -0.4 is 76.5 Å². The first-order valence-corrected chi connectivity index (χ1v) is 26.5. The molecule has 0 saturated heterocycles. The molecule has 83 heavy (non-hydrogen) atoms. The van der Waals surface area contributed by atoms with Crippen molar-refractivity contribution in [3.8, 4) is 0 Å². The van der Waals surface area contributed by atoms with Crippen LogP contribution in [-0.2, 0) is 68.7 Å². The van der Waals surface area contributed by atoms with E-state index in [1.54, 1.807) is 37.4 Å². The quantitative estimate of drug-likeness (QED) is 0.0172. The number of aliphatic hydroxyl groups excluding tert-OH is 1. The lowest BCUT2D eigenvalue weighted by atomic mass is 9.97. The molecule has 460 valence electrons. The van der Waals surface area contributed by atoms with Gasteiger partial charge in [0.15, 0.2) is 5.96 Å². The van der Waals surface area contributed by atoms with Crippen molar-refractivity contribution in [1.82, 2.24) is 52.8 Å². The van der Waals surface area contributed by atoms with E-state index in [1.807, 2.05) is 13.8 Å². The summed E-state index contributed by atoms with van der Waals surface area (Å²) in [5.74, 6) is -16.2. The molecule has 11 amide bonds. The van der Waals surface area contributed by atoms with Gasteiger partial charge in [-0.25, -0.2) is 0 Å². The molecule has 0 aliphatic heterocycles. The van der Waals surface area contributed by atoms with Gasteiger partial charge in [-0.05, 0) is 63.5 Å². The van der Waals surface area contributed by atoms with Crippen molar-refractivity contribution in [3.05, 3.63) is 36.0 Å². The molecule has 2 aromatic rings. The number of rotatable bonds is 36. The number of aliphatic hydroxyl groups is 1. The minimum absolute atomic E-state index is 0.0504. The molecule has 0 fully saturated rings. The van der Waals surface area contributed by atoms with Crippen LogP contribution in [-0.4, -0.2) is 176 Å². The zero-order chi connectivity index (χ0) is 63.0. The Morgan fingerprint density at radius 3 is 1.55 bits per heavy atom. The van der Waals surface area contributed by atoms with Crippen molar-refractivity contribution < 1.29 is 77.6 Å². The number of carbonyl (C=O) groups is 13. The normalized spacial score (nSPS) is 15.4. The molecule has 1 heterocycles. The van der Waals surface area contributed by atoms with Crippen molar-refractivity contribution in [2.24, 2.45) is 45.5 Å². The highest BCUT2D eigenvalue weighted by Gasteiger charge is 2.38. The fraction of sp³-hybridized carbons (Fsp3) is 0.569. The van der Waals surface area contributed by atoms with Crippen molar-refractivity contribution in [2.75, 3.05) is 6.54 Å². The lowest BCUT2D eigenvalue weighted by Gasteiger charge is -2.29. The number of H-pyrrole nitrogens is 1. The second-order valence-corrected chi connectivity index (χ2v) is 20.4. The van der Waals surface area contributed by atoms with Crippen molar-refractivity contribution >= 4 is 93.8 Å². The maximum absolute atomic E-state index is 14.2. The molecule has 1 aromatic carbocycles. The zero-order valence-corrected chi connectivity index (χ0v) is 47.2. The lowest BCUT2D eigenvalue weighted by molar-refractivity contribution is -0.143. The molecule has 23 N–H and O–H groups in total. The third kappa shape index (κ3) is 24.0. The third-order valence-electron chi connectivity index (χ3n) is 12.8. The van der Waals surface area contributed by atoms with Crippen LogP contribution in [0.15, 0.2) is 35.5 Å². The molecular weight excluding hydrogens is 1090 g/mol. The molecule has 0 aliphatic carbocycles. The van der Waals surface area contributed by atoms with Gasteiger partial charge < -0.3 is 96.8 Å². The Balaban J connectivity index is 2.50. The summed E-state index contributed by atoms with van der Waals surface area (Å²) in [5.41, 5.74) is 29.1. The van der Waals surface area contributed by atoms with E-state index in [-0.39, 0.29) is 44.1 Å². The van der Waals surface area contributed by atoms with Crippen LogP contribution >= 0.6 is 0 Å². The number of nitrogens with one attached hydrogen (secondary N) is 10. The van der Waals surface area contributed by atoms with Crippen LogP contribution in [0.25, 0.3) is 10.9 Å². The fourth-order valence-corrected chi connectivity index (χ4v) is 8.06. The minimum atomic E-state index is -1.99. The van der Waals surface area contributed by atoms with Crippen LogP contribution in [0, 0.1) is 11.8 Å². The first-order valence-electron chi connectivity index (χ1n) is 26.5. The van der Waals surface area contributed by atoms with Gasteiger partial charge in [0.2, 0.25) is 65.0 Å². The van der Waals surface area contributed by atoms with Gasteiger partial charge in [-0.15, -0.1) is 0 Å². The summed E-state index contributed by atoms with van der Waals surface area (Å²) >= 11 is 0. The number of hydrogen-bond acceptors (Lipinski definition) is 16. The highest BCUT2D eigenvalue weighted by atomic mass is 16.4. The first kappa shape index (κ1) is 70.2. The van der Waals surface area contributed by atoms with E-state index in [2.05, 4.69) is 57.8 Å². The van der Waals surface area contributed by atoms with E-state index in [0.29, 0.717) is 22.9 Å². The molecule has 32 heteroatoms. The van der Waals surface area contributed by atoms with Crippen molar-refractivity contribution in [1.29, 1.82) is 0 Å². The van der Waals surface area contributed by atoms with E-state index < -0.39 is 169 Å². The summed E-state index contributed by atoms with van der Waals surface area (Å²) in [6, 6.07) is -9.15. The van der Waals surface area contributed by atoms with Crippen LogP contribution in [0.4, 0.5) is 0 Å². The number of primary amides is 2. The number of hydrogen-bond donors (Lipinski definition) is 18. The number of aromatic amines is 1. The van der Waals surface area contributed by atoms with Crippen LogP contribution in [0.1, 0.15) is 99.0 Å². The molecule has 0 aliphatic rings. The summed E-state index contributed by atoms with van der Waals surface area (Å²) in [4.78, 5) is 178. The Kier molecular flexibility index (Phi) is 28.5. The summed E-state index contributed by atoms with van der Waals surface area (Å²) in [6.45, 7) is 10.2. The van der Waals surface area contributed by atoms with Gasteiger partial charge in [-0.2, -0.15) is 0 Å². The van der Waals surface area contributed by atoms with E-state index in [4.69, 9.17) is 28.7 Å². The molecule has 0 spiro atoms. The Hall–Kier alpha value is -8.94. The molecule has 0 unspecified atom stereocenters. The largest absolute Gasteiger partial charge is 0.481 e. The Bertz CT molecular complexity index is 2690. The Morgan fingerprint density at radius 2 is 1.04 bits per heavy atom. The molecule has 0 radical (unpaired) electrons. The number of carbonyl (C=O) groups excluding carboxylic acids is 11. The molecule has 0 bridgehead atoms. The maximum Gasteiger partial charge on any atom is 0.325 e. The Labute approximate surface area is 477 Å². The van der Waals surface area contributed by atoms with Gasteiger partial charge in [0.25, 0.3) is 0 Å². The van der Waals surface area contributed by atoms with E-state index >= 15 is 0 Å². The van der Waals surface area contributed by atoms with Gasteiger partial charge in [0.1, 0.15) is 54.4 Å². The highest BCUT2D eigenvalue weighted by molar-refractivity contribution is 6.01. The molecule has 12 atom stereocenters. The monoisotopic (exact) mass is 1170 g/mol. The lowest BCUT2D eigenvalue weighted by Crippen LogP contribution is -2.62. The average molecular weight is 1170 g/mol. The topological polar surface area (TPSA) is 549 Å². The number of carboxylic acids is 2. The number of nitrogens with zero attached hydrogens (tertiary/aromatic N) is 1. The van der Waals surface area contributed by atoms with Gasteiger partial charge in [-0.1, -0.05) is 52.3 Å². The smallest absolute Gasteiger partial charge is 0.325 e. The number of benzene rings is 1. The number of guanidine groups is 1. The minimum Gasteiger partial charge on any atom is -0.481 e. The molecule has 32 nitrogen and oxygen atoms in total. The zero-order valence-electron chi connectivity index (χ0n) is 47.2. The number of fused-ring (bicyclic) bond motifs is 1. The summed E-state index contributed by atoms with van der Waals surface area (Å²) < 4.78 is 0. The number of aromatic nitrogens is 1. The van der Waals surface area contributed by atoms with E-state index in [1.165, 1.54) is 13.8 Å². The third-order valence-corrected chi connectivity index (χ3v) is 12.8. The summed E-state index contributed by atoms with van der Waals surface area (Å²) in [6.07, 6.45) is -3.21. The maximum atomic E-state index is 14.2. The van der Waals surface area contributed by atoms with E-state index in [9.17, 15) is 77.6 Å². The Morgan fingerprint density at radius 1 is 0.566 bits per heavy atom. The van der Waals surface area contributed by atoms with Crippen LogP contribution in [0.2, 0.25) is 0 Å². The summed E-state index contributed by atoms with van der Waals surface area (Å²) in [7, 11) is 0. The van der Waals surface area contributed by atoms with Crippen molar-refractivity contribution in [3.63, 3.8) is 0 Å². The number of para-hydroxylation sites is 1. The summed E-state index contributed by atoms with van der Waals surface area (Å²) in [5, 5.41) is 51.2. The first-order chi connectivity index (χ1) is 38.8. The SMILES string of the molecule is CC[C@H](C)[C@H](NC(=O)[C@H](CC(N)=O)NC(=O)[C@H](CCCN=C(N)N)NC(=O)[C@@H](NC(=O)[C@H](CC(N)=O)NC(=O)[C@H](Cc1c[nH]c2ccccc12)NC(=O)[C@H](C)NC(=O)[C@@H](N)CC(C)C)[C@@H](C)O)C(=O)N[C@@H](CC(=O)O)C(=O)N[C@@H](C)C(=O)O. The molecule has 1 aromatic heterocycles. The van der Waals surface area contributed by atoms with Crippen LogP contribution in [0.3, 0.4) is 0 Å². The number of amides is 11. The average Bonchev–Trinajstić information content (AvgIpc) is 3.99. The molecule has 2 rings (SSSR count). The van der Waals surface area contributed by atoms with Gasteiger partial charge in [0, 0.05) is 30.1 Å². The number of aliphatic carboxylic acids is 2. The number of aliphatic imine (C=N–C) groups is 1. The predicted octanol–water partition coefficient (Wildman–Crippen LogP) is -5.72. The second kappa shape index (κ2) is 33.7. The highest BCUT2D eigenvalue weighted by Crippen LogP contribution is 2.20. The fourth-order valence-electron chi connectivity index (χ4n) is 8.06. The second-order valence-electron chi connectivity index (χ2n) is 20.4. The van der Waals surface area contributed by atoms with Crippen molar-refractivity contribution in [2.45, 2.75) is 166 Å². The van der Waals surface area contributed by atoms with Gasteiger partial charge in [0.05, 0.1) is 31.4 Å². The molecular formula is C51H80N16O16.